The highest BCUT2D eigenvalue weighted by molar-refractivity contribution is 7.11. The van der Waals surface area contributed by atoms with Gasteiger partial charge in [-0.1, -0.05) is 18.2 Å². The summed E-state index contributed by atoms with van der Waals surface area (Å²) in [5, 5.41) is 4.43. The molecule has 96 valence electrons. The van der Waals surface area contributed by atoms with Gasteiger partial charge in [0.25, 0.3) is 0 Å². The van der Waals surface area contributed by atoms with Crippen LogP contribution in [0.4, 0.5) is 4.39 Å². The second kappa shape index (κ2) is 6.07. The van der Waals surface area contributed by atoms with E-state index in [-0.39, 0.29) is 5.82 Å². The van der Waals surface area contributed by atoms with Crippen molar-refractivity contribution >= 4 is 11.3 Å². The highest BCUT2D eigenvalue weighted by atomic mass is 32.1. The molecule has 18 heavy (non-hydrogen) atoms. The molecule has 0 saturated carbocycles. The van der Waals surface area contributed by atoms with Gasteiger partial charge in [-0.15, -0.1) is 11.3 Å². The van der Waals surface area contributed by atoms with Gasteiger partial charge in [-0.3, -0.25) is 0 Å². The van der Waals surface area contributed by atoms with E-state index in [0.717, 1.165) is 29.4 Å². The van der Waals surface area contributed by atoms with E-state index in [4.69, 9.17) is 0 Å². The lowest BCUT2D eigenvalue weighted by Crippen LogP contribution is -2.17. The summed E-state index contributed by atoms with van der Waals surface area (Å²) in [5.41, 5.74) is 1.86. The number of hydrogen-bond donors (Lipinski definition) is 1. The van der Waals surface area contributed by atoms with Crippen molar-refractivity contribution in [1.82, 2.24) is 10.3 Å². The van der Waals surface area contributed by atoms with E-state index >= 15 is 0 Å². The summed E-state index contributed by atoms with van der Waals surface area (Å²) in [6.45, 7) is 5.63. The lowest BCUT2D eigenvalue weighted by Gasteiger charge is -2.05. The van der Waals surface area contributed by atoms with Gasteiger partial charge < -0.3 is 5.32 Å². The molecule has 0 amide bonds. The molecule has 0 aliphatic heterocycles. The summed E-state index contributed by atoms with van der Waals surface area (Å²) in [5.74, 6) is -0.121. The van der Waals surface area contributed by atoms with Gasteiger partial charge in [-0.05, 0) is 38.4 Å². The van der Waals surface area contributed by atoms with Crippen LogP contribution in [0.2, 0.25) is 0 Å². The van der Waals surface area contributed by atoms with Crippen LogP contribution < -0.4 is 5.32 Å². The first-order valence-electron chi connectivity index (χ1n) is 6.04. The lowest BCUT2D eigenvalue weighted by atomic mass is 10.1. The maximum Gasteiger partial charge on any atom is 0.126 e. The van der Waals surface area contributed by atoms with Crippen molar-refractivity contribution in [2.75, 3.05) is 6.54 Å². The number of nitrogens with zero attached hydrogens (tertiary/aromatic N) is 1. The Morgan fingerprint density at radius 1 is 1.28 bits per heavy atom. The topological polar surface area (TPSA) is 24.9 Å². The minimum absolute atomic E-state index is 0.121. The Bertz CT molecular complexity index is 522. The normalized spacial score (nSPS) is 10.8. The van der Waals surface area contributed by atoms with E-state index in [9.17, 15) is 4.39 Å². The first-order valence-corrected chi connectivity index (χ1v) is 6.85. The van der Waals surface area contributed by atoms with E-state index in [2.05, 4.69) is 10.3 Å². The van der Waals surface area contributed by atoms with Gasteiger partial charge in [0.2, 0.25) is 0 Å². The van der Waals surface area contributed by atoms with Crippen LogP contribution in [-0.2, 0) is 13.0 Å². The second-order valence-electron chi connectivity index (χ2n) is 4.26. The molecule has 2 nitrogen and oxygen atoms in total. The molecule has 4 heteroatoms. The van der Waals surface area contributed by atoms with Gasteiger partial charge in [0.05, 0.1) is 10.7 Å². The molecule has 0 bridgehead atoms. The molecule has 0 aliphatic carbocycles. The van der Waals surface area contributed by atoms with Gasteiger partial charge >= 0.3 is 0 Å². The smallest absolute Gasteiger partial charge is 0.126 e. The third-order valence-electron chi connectivity index (χ3n) is 2.81. The number of aryl methyl sites for hydroxylation is 2. The molecule has 0 aliphatic rings. The monoisotopic (exact) mass is 264 g/mol. The molecular formula is C14H17FN2S. The van der Waals surface area contributed by atoms with Crippen LogP contribution in [0.15, 0.2) is 24.3 Å². The molecular weight excluding hydrogens is 247 g/mol. The molecule has 1 heterocycles. The van der Waals surface area contributed by atoms with Gasteiger partial charge in [-0.2, -0.15) is 0 Å². The van der Waals surface area contributed by atoms with E-state index in [1.807, 2.05) is 26.0 Å². The Morgan fingerprint density at radius 2 is 2.06 bits per heavy atom. The standard InChI is InChI=1S/C14H17FN2S/c1-10-14(18-11(2)17-10)9-16-8-7-12-5-3-4-6-13(12)15/h3-6,16H,7-9H2,1-2H3. The fourth-order valence-electron chi connectivity index (χ4n) is 1.86. The van der Waals surface area contributed by atoms with Crippen LogP contribution in [0.3, 0.4) is 0 Å². The van der Waals surface area contributed by atoms with E-state index in [1.54, 1.807) is 17.4 Å². The van der Waals surface area contributed by atoms with Gasteiger partial charge in [0.15, 0.2) is 0 Å². The second-order valence-corrected chi connectivity index (χ2v) is 5.55. The molecule has 0 spiro atoms. The van der Waals surface area contributed by atoms with Crippen molar-refractivity contribution in [3.05, 3.63) is 51.2 Å². The largest absolute Gasteiger partial charge is 0.311 e. The third kappa shape index (κ3) is 3.37. The number of halogens is 1. The zero-order chi connectivity index (χ0) is 13.0. The summed E-state index contributed by atoms with van der Waals surface area (Å²) >= 11 is 1.72. The Labute approximate surface area is 111 Å². The first kappa shape index (κ1) is 13.2. The van der Waals surface area contributed by atoms with E-state index in [0.29, 0.717) is 6.42 Å². The highest BCUT2D eigenvalue weighted by Gasteiger charge is 2.04. The van der Waals surface area contributed by atoms with Crippen molar-refractivity contribution in [3.63, 3.8) is 0 Å². The quantitative estimate of drug-likeness (QED) is 0.839. The van der Waals surface area contributed by atoms with Crippen LogP contribution in [0.5, 0.6) is 0 Å². The molecule has 0 radical (unpaired) electrons. The van der Waals surface area contributed by atoms with Crippen molar-refractivity contribution in [2.24, 2.45) is 0 Å². The zero-order valence-electron chi connectivity index (χ0n) is 10.7. The average Bonchev–Trinajstić information content (AvgIpc) is 2.65. The summed E-state index contributed by atoms with van der Waals surface area (Å²) < 4.78 is 13.4. The van der Waals surface area contributed by atoms with Crippen molar-refractivity contribution in [3.8, 4) is 0 Å². The van der Waals surface area contributed by atoms with E-state index < -0.39 is 0 Å². The molecule has 2 rings (SSSR count). The highest BCUT2D eigenvalue weighted by Crippen LogP contribution is 2.16. The van der Waals surface area contributed by atoms with Gasteiger partial charge in [-0.25, -0.2) is 9.37 Å². The van der Waals surface area contributed by atoms with Gasteiger partial charge in [0.1, 0.15) is 5.82 Å². The Hall–Kier alpha value is -1.26. The third-order valence-corrected chi connectivity index (χ3v) is 3.89. The van der Waals surface area contributed by atoms with Crippen LogP contribution in [0, 0.1) is 19.7 Å². The molecule has 0 saturated heterocycles. The maximum atomic E-state index is 13.4. The van der Waals surface area contributed by atoms with E-state index in [1.165, 1.54) is 10.9 Å². The molecule has 1 N–H and O–H groups in total. The molecule has 0 unspecified atom stereocenters. The molecule has 1 aromatic carbocycles. The Morgan fingerprint density at radius 3 is 2.72 bits per heavy atom. The van der Waals surface area contributed by atoms with Crippen LogP contribution in [0.25, 0.3) is 0 Å². The predicted molar refractivity (Wildman–Crippen MR) is 73.4 cm³/mol. The first-order chi connectivity index (χ1) is 8.66. The summed E-state index contributed by atoms with van der Waals surface area (Å²) in [6.07, 6.45) is 0.712. The minimum atomic E-state index is -0.121. The molecule has 0 atom stereocenters. The fraction of sp³-hybridized carbons (Fsp3) is 0.357. The van der Waals surface area contributed by atoms with Crippen molar-refractivity contribution in [1.29, 1.82) is 0 Å². The Kier molecular flexibility index (Phi) is 4.44. The number of hydrogen-bond acceptors (Lipinski definition) is 3. The van der Waals surface area contributed by atoms with Crippen molar-refractivity contribution < 1.29 is 4.39 Å². The average molecular weight is 264 g/mol. The Balaban J connectivity index is 1.80. The van der Waals surface area contributed by atoms with Crippen LogP contribution in [-0.4, -0.2) is 11.5 Å². The number of rotatable bonds is 5. The molecule has 0 fully saturated rings. The molecule has 2 aromatic rings. The number of benzene rings is 1. The zero-order valence-corrected chi connectivity index (χ0v) is 11.5. The molecule has 1 aromatic heterocycles. The SMILES string of the molecule is Cc1nc(C)c(CNCCc2ccccc2F)s1. The number of aromatic nitrogens is 1. The van der Waals surface area contributed by atoms with Gasteiger partial charge in [0, 0.05) is 11.4 Å². The van der Waals surface area contributed by atoms with Crippen LogP contribution in [0.1, 0.15) is 21.1 Å². The summed E-state index contributed by atoms with van der Waals surface area (Å²) in [7, 11) is 0. The minimum Gasteiger partial charge on any atom is -0.311 e. The summed E-state index contributed by atoms with van der Waals surface area (Å²) in [4.78, 5) is 5.65. The lowest BCUT2D eigenvalue weighted by molar-refractivity contribution is 0.598. The maximum absolute atomic E-state index is 13.4. The number of nitrogens with one attached hydrogen (secondary N) is 1. The fourth-order valence-corrected chi connectivity index (χ4v) is 2.77. The van der Waals surface area contributed by atoms with Crippen LogP contribution >= 0.6 is 11.3 Å². The predicted octanol–water partition coefficient (Wildman–Crippen LogP) is 3.23. The van der Waals surface area contributed by atoms with Crippen molar-refractivity contribution in [2.45, 2.75) is 26.8 Å². The summed E-state index contributed by atoms with van der Waals surface area (Å²) in [6, 6.07) is 6.93. The number of thiazole rings is 1.